The number of carbonyl (C=O) groups excluding carboxylic acids is 1. The van der Waals surface area contributed by atoms with Crippen LogP contribution in [-0.2, 0) is 4.74 Å². The maximum atomic E-state index is 11.8. The Morgan fingerprint density at radius 3 is 2.84 bits per heavy atom. The van der Waals surface area contributed by atoms with Gasteiger partial charge in [0.1, 0.15) is 0 Å². The fourth-order valence-electron chi connectivity index (χ4n) is 2.49. The molecule has 0 aliphatic carbocycles. The summed E-state index contributed by atoms with van der Waals surface area (Å²) >= 11 is 0. The molecule has 0 spiro atoms. The summed E-state index contributed by atoms with van der Waals surface area (Å²) in [6.45, 7) is 0.647. The summed E-state index contributed by atoms with van der Waals surface area (Å²) in [4.78, 5) is 24.4. The molecular formula is C14H17NO4. The van der Waals surface area contributed by atoms with Gasteiger partial charge >= 0.3 is 12.1 Å². The average Bonchev–Trinajstić information content (AvgIpc) is 2.46. The van der Waals surface area contributed by atoms with Crippen LogP contribution in [0.2, 0.25) is 0 Å². The van der Waals surface area contributed by atoms with Crippen LogP contribution in [0, 0.1) is 0 Å². The Kier molecular flexibility index (Phi) is 4.04. The fourth-order valence-corrected chi connectivity index (χ4v) is 2.49. The van der Waals surface area contributed by atoms with Crippen LogP contribution >= 0.6 is 0 Å². The van der Waals surface area contributed by atoms with Crippen molar-refractivity contribution < 1.29 is 19.4 Å². The van der Waals surface area contributed by atoms with Crippen molar-refractivity contribution >= 4 is 12.1 Å². The molecular weight excluding hydrogens is 246 g/mol. The number of nitrogens with zero attached hydrogens (tertiary/aromatic N) is 1. The second-order valence-electron chi connectivity index (χ2n) is 4.61. The van der Waals surface area contributed by atoms with Gasteiger partial charge in [-0.3, -0.25) is 0 Å². The van der Waals surface area contributed by atoms with E-state index in [0.717, 1.165) is 24.8 Å². The standard InChI is InChI=1S/C14H17NO4/c1-19-14(18)15-8-3-2-7-12(15)10-5-4-6-11(9-10)13(16)17/h4-6,9,12H,2-3,7-8H2,1H3,(H,16,17). The quantitative estimate of drug-likeness (QED) is 0.890. The van der Waals surface area contributed by atoms with Crippen molar-refractivity contribution in [1.29, 1.82) is 0 Å². The van der Waals surface area contributed by atoms with Crippen molar-refractivity contribution in [2.45, 2.75) is 25.3 Å². The molecule has 1 N–H and O–H groups in total. The van der Waals surface area contributed by atoms with Gasteiger partial charge in [0, 0.05) is 6.54 Å². The van der Waals surface area contributed by atoms with Gasteiger partial charge in [-0.25, -0.2) is 9.59 Å². The van der Waals surface area contributed by atoms with Crippen LogP contribution in [0.3, 0.4) is 0 Å². The third-order valence-electron chi connectivity index (χ3n) is 3.43. The summed E-state index contributed by atoms with van der Waals surface area (Å²) in [6, 6.07) is 6.66. The number of carbonyl (C=O) groups is 2. The van der Waals surface area contributed by atoms with E-state index in [4.69, 9.17) is 9.84 Å². The summed E-state index contributed by atoms with van der Waals surface area (Å²) in [7, 11) is 1.36. The highest BCUT2D eigenvalue weighted by Gasteiger charge is 2.28. The van der Waals surface area contributed by atoms with Gasteiger partial charge in [0.25, 0.3) is 0 Å². The molecule has 0 aromatic heterocycles. The van der Waals surface area contributed by atoms with Crippen molar-refractivity contribution in [2.24, 2.45) is 0 Å². The predicted octanol–water partition coefficient (Wildman–Crippen LogP) is 2.68. The first-order chi connectivity index (χ1) is 9.13. The summed E-state index contributed by atoms with van der Waals surface area (Å²) in [5.41, 5.74) is 1.10. The summed E-state index contributed by atoms with van der Waals surface area (Å²) in [5.74, 6) is -0.956. The molecule has 1 aromatic rings. The van der Waals surface area contributed by atoms with E-state index in [2.05, 4.69) is 0 Å². The number of methoxy groups -OCH3 is 1. The zero-order chi connectivity index (χ0) is 13.8. The molecule has 1 unspecified atom stereocenters. The number of carboxylic acid groups (broad SMARTS) is 1. The number of hydrogen-bond donors (Lipinski definition) is 1. The Hall–Kier alpha value is -2.04. The smallest absolute Gasteiger partial charge is 0.409 e. The molecule has 1 heterocycles. The second-order valence-corrected chi connectivity index (χ2v) is 4.61. The van der Waals surface area contributed by atoms with E-state index in [9.17, 15) is 9.59 Å². The fraction of sp³-hybridized carbons (Fsp3) is 0.429. The molecule has 1 atom stereocenters. The van der Waals surface area contributed by atoms with E-state index in [1.54, 1.807) is 23.1 Å². The topological polar surface area (TPSA) is 66.8 Å². The van der Waals surface area contributed by atoms with Crippen molar-refractivity contribution in [2.75, 3.05) is 13.7 Å². The van der Waals surface area contributed by atoms with Crippen LogP contribution in [0.5, 0.6) is 0 Å². The summed E-state index contributed by atoms with van der Waals surface area (Å²) in [6.07, 6.45) is 2.45. The van der Waals surface area contributed by atoms with E-state index in [1.807, 2.05) is 6.07 Å². The third-order valence-corrected chi connectivity index (χ3v) is 3.43. The zero-order valence-electron chi connectivity index (χ0n) is 10.8. The van der Waals surface area contributed by atoms with E-state index >= 15 is 0 Å². The molecule has 0 saturated carbocycles. The maximum absolute atomic E-state index is 11.8. The number of amides is 1. The SMILES string of the molecule is COC(=O)N1CCCCC1c1cccc(C(=O)O)c1. The van der Waals surface area contributed by atoms with Gasteiger partial charge in [-0.1, -0.05) is 12.1 Å². The minimum atomic E-state index is -0.956. The van der Waals surface area contributed by atoms with Crippen molar-refractivity contribution in [1.82, 2.24) is 4.90 Å². The lowest BCUT2D eigenvalue weighted by molar-refractivity contribution is 0.0696. The summed E-state index contributed by atoms with van der Waals surface area (Å²) < 4.78 is 4.79. The van der Waals surface area contributed by atoms with Gasteiger partial charge < -0.3 is 14.7 Å². The van der Waals surface area contributed by atoms with Crippen LogP contribution < -0.4 is 0 Å². The van der Waals surface area contributed by atoms with Gasteiger partial charge in [-0.2, -0.15) is 0 Å². The largest absolute Gasteiger partial charge is 0.478 e. The monoisotopic (exact) mass is 263 g/mol. The number of piperidine rings is 1. The lowest BCUT2D eigenvalue weighted by Gasteiger charge is -2.34. The number of carboxylic acids is 1. The summed E-state index contributed by atoms with van der Waals surface area (Å²) in [5, 5.41) is 9.02. The highest BCUT2D eigenvalue weighted by molar-refractivity contribution is 5.87. The molecule has 1 aliphatic rings. The number of aromatic carboxylic acids is 1. The Labute approximate surface area is 111 Å². The van der Waals surface area contributed by atoms with Gasteiger partial charge in [0.15, 0.2) is 0 Å². The lowest BCUT2D eigenvalue weighted by atomic mass is 9.94. The number of hydrogen-bond acceptors (Lipinski definition) is 3. The molecule has 1 aromatic carbocycles. The number of ether oxygens (including phenoxy) is 1. The van der Waals surface area contributed by atoms with Gasteiger partial charge in [-0.15, -0.1) is 0 Å². The van der Waals surface area contributed by atoms with E-state index in [0.29, 0.717) is 6.54 Å². The average molecular weight is 263 g/mol. The molecule has 0 bridgehead atoms. The van der Waals surface area contributed by atoms with E-state index in [1.165, 1.54) is 7.11 Å². The molecule has 5 nitrogen and oxygen atoms in total. The molecule has 5 heteroatoms. The minimum absolute atomic E-state index is 0.0968. The first-order valence-electron chi connectivity index (χ1n) is 6.31. The Bertz CT molecular complexity index is 486. The first kappa shape index (κ1) is 13.4. The minimum Gasteiger partial charge on any atom is -0.478 e. The molecule has 19 heavy (non-hydrogen) atoms. The van der Waals surface area contributed by atoms with Gasteiger partial charge in [0.05, 0.1) is 18.7 Å². The van der Waals surface area contributed by atoms with Gasteiger partial charge in [-0.05, 0) is 37.0 Å². The number of likely N-dealkylation sites (tertiary alicyclic amines) is 1. The van der Waals surface area contributed by atoms with Gasteiger partial charge in [0.2, 0.25) is 0 Å². The van der Waals surface area contributed by atoms with E-state index < -0.39 is 5.97 Å². The van der Waals surface area contributed by atoms with Crippen LogP contribution in [0.25, 0.3) is 0 Å². The maximum Gasteiger partial charge on any atom is 0.409 e. The molecule has 1 fully saturated rings. The lowest BCUT2D eigenvalue weighted by Crippen LogP contribution is -2.38. The predicted molar refractivity (Wildman–Crippen MR) is 69.1 cm³/mol. The normalized spacial score (nSPS) is 19.0. The van der Waals surface area contributed by atoms with Crippen LogP contribution in [-0.4, -0.2) is 35.7 Å². The molecule has 0 radical (unpaired) electrons. The Balaban J connectivity index is 2.29. The van der Waals surface area contributed by atoms with Crippen LogP contribution in [0.4, 0.5) is 4.79 Å². The third kappa shape index (κ3) is 2.86. The number of benzene rings is 1. The Morgan fingerprint density at radius 2 is 2.16 bits per heavy atom. The Morgan fingerprint density at radius 1 is 1.37 bits per heavy atom. The number of rotatable bonds is 2. The van der Waals surface area contributed by atoms with Crippen LogP contribution in [0.15, 0.2) is 24.3 Å². The van der Waals surface area contributed by atoms with Crippen molar-refractivity contribution in [3.8, 4) is 0 Å². The molecule has 1 aliphatic heterocycles. The highest BCUT2D eigenvalue weighted by Crippen LogP contribution is 2.31. The molecule has 1 saturated heterocycles. The highest BCUT2D eigenvalue weighted by atomic mass is 16.5. The second kappa shape index (κ2) is 5.73. The molecule has 102 valence electrons. The van der Waals surface area contributed by atoms with E-state index in [-0.39, 0.29) is 17.7 Å². The first-order valence-corrected chi connectivity index (χ1v) is 6.31. The molecule has 1 amide bonds. The molecule has 2 rings (SSSR count). The van der Waals surface area contributed by atoms with Crippen LogP contribution in [0.1, 0.15) is 41.2 Å². The van der Waals surface area contributed by atoms with Crippen molar-refractivity contribution in [3.63, 3.8) is 0 Å². The van der Waals surface area contributed by atoms with Crippen molar-refractivity contribution in [3.05, 3.63) is 35.4 Å². The zero-order valence-corrected chi connectivity index (χ0v) is 10.8.